The van der Waals surface area contributed by atoms with E-state index in [1.54, 1.807) is 21.0 Å². The highest BCUT2D eigenvalue weighted by atomic mass is 16.6. The third kappa shape index (κ3) is 7.63. The molecular formula is C38H64O8. The molecule has 4 aliphatic rings. The van der Waals surface area contributed by atoms with Crippen molar-refractivity contribution in [2.45, 2.75) is 150 Å². The van der Waals surface area contributed by atoms with E-state index in [0.717, 1.165) is 44.9 Å². The van der Waals surface area contributed by atoms with Crippen molar-refractivity contribution in [1.82, 2.24) is 0 Å². The summed E-state index contributed by atoms with van der Waals surface area (Å²) < 4.78 is 21.9. The Morgan fingerprint density at radius 2 is 1.65 bits per heavy atom. The van der Waals surface area contributed by atoms with Gasteiger partial charge < -0.3 is 24.1 Å². The number of carbonyl (C=O) groups excluding carboxylic acids is 3. The van der Waals surface area contributed by atoms with E-state index in [9.17, 15) is 19.5 Å². The van der Waals surface area contributed by atoms with E-state index in [1.165, 1.54) is 12.8 Å². The molecule has 0 aromatic heterocycles. The average molecular weight is 649 g/mol. The summed E-state index contributed by atoms with van der Waals surface area (Å²) in [6.45, 7) is 16.9. The summed E-state index contributed by atoms with van der Waals surface area (Å²) in [5.74, 6) is 2.03. The predicted octanol–water partition coefficient (Wildman–Crippen LogP) is 7.28. The maximum atomic E-state index is 12.8. The first-order valence-electron chi connectivity index (χ1n) is 18.2. The Bertz CT molecular complexity index is 1080. The summed E-state index contributed by atoms with van der Waals surface area (Å²) in [6, 6.07) is 0. The largest absolute Gasteiger partial charge is 0.465 e. The van der Waals surface area contributed by atoms with Crippen molar-refractivity contribution in [1.29, 1.82) is 0 Å². The third-order valence-corrected chi connectivity index (χ3v) is 13.4. The number of aliphatic hydroxyl groups is 1. The average Bonchev–Trinajstić information content (AvgIpc) is 3.35. The molecule has 8 unspecified atom stereocenters. The fraction of sp³-hybridized carbons (Fsp3) is 0.921. The summed E-state index contributed by atoms with van der Waals surface area (Å²) in [5, 5.41) is 11.9. The Kier molecular flexibility index (Phi) is 11.7. The number of carbonyl (C=O) groups is 3. The minimum Gasteiger partial charge on any atom is -0.465 e. The molecule has 4 rings (SSSR count). The lowest BCUT2D eigenvalue weighted by Gasteiger charge is -2.62. The first kappa shape index (κ1) is 37.2. The fourth-order valence-corrected chi connectivity index (χ4v) is 10.3. The molecule has 0 aromatic rings. The molecular weight excluding hydrogens is 584 g/mol. The number of hydrogen-bond donors (Lipinski definition) is 1. The molecule has 0 aromatic carbocycles. The second kappa shape index (κ2) is 14.4. The van der Waals surface area contributed by atoms with Crippen LogP contribution in [0.2, 0.25) is 0 Å². The van der Waals surface area contributed by atoms with E-state index < -0.39 is 17.0 Å². The third-order valence-electron chi connectivity index (χ3n) is 13.4. The van der Waals surface area contributed by atoms with Crippen molar-refractivity contribution in [3.8, 4) is 0 Å². The van der Waals surface area contributed by atoms with Gasteiger partial charge in [0.05, 0.1) is 24.5 Å². The van der Waals surface area contributed by atoms with Gasteiger partial charge in [-0.15, -0.1) is 0 Å². The number of rotatable bonds is 13. The van der Waals surface area contributed by atoms with Gasteiger partial charge in [-0.25, -0.2) is 0 Å². The van der Waals surface area contributed by atoms with Crippen molar-refractivity contribution < 1.29 is 38.4 Å². The SMILES string of the molecule is CCC(C)(C)C(=O)OC1CC[C@@]2(C)C(CCC3C2CC(O)[C@]2(C)C(C(C)CCC(=O)OCCC(=O)OC(C)(C)COC)CCC32)C1. The zero-order valence-electron chi connectivity index (χ0n) is 30.3. The van der Waals surface area contributed by atoms with E-state index in [2.05, 4.69) is 20.8 Å². The van der Waals surface area contributed by atoms with Gasteiger partial charge in [-0.2, -0.15) is 0 Å². The lowest BCUT2D eigenvalue weighted by atomic mass is 9.43. The van der Waals surface area contributed by atoms with Crippen LogP contribution < -0.4 is 0 Å². The lowest BCUT2D eigenvalue weighted by Crippen LogP contribution is -2.59. The normalized spacial score (nSPS) is 36.5. The molecule has 0 saturated heterocycles. The highest BCUT2D eigenvalue weighted by Gasteiger charge is 2.64. The summed E-state index contributed by atoms with van der Waals surface area (Å²) in [4.78, 5) is 37.6. The van der Waals surface area contributed by atoms with Crippen LogP contribution in [0.4, 0.5) is 0 Å². The fourth-order valence-electron chi connectivity index (χ4n) is 10.3. The molecule has 46 heavy (non-hydrogen) atoms. The van der Waals surface area contributed by atoms with Gasteiger partial charge in [0, 0.05) is 13.5 Å². The molecule has 0 aliphatic heterocycles. The van der Waals surface area contributed by atoms with Crippen LogP contribution in [0.15, 0.2) is 0 Å². The number of hydrogen-bond acceptors (Lipinski definition) is 8. The number of methoxy groups -OCH3 is 1. The molecule has 8 nitrogen and oxygen atoms in total. The minimum atomic E-state index is -0.719. The van der Waals surface area contributed by atoms with Crippen molar-refractivity contribution in [2.24, 2.45) is 51.8 Å². The topological polar surface area (TPSA) is 108 Å². The number of fused-ring (bicyclic) bond motifs is 5. The Labute approximate surface area is 278 Å². The van der Waals surface area contributed by atoms with Crippen molar-refractivity contribution in [3.05, 3.63) is 0 Å². The summed E-state index contributed by atoms with van der Waals surface area (Å²) in [7, 11) is 1.56. The van der Waals surface area contributed by atoms with Gasteiger partial charge in [0.2, 0.25) is 0 Å². The molecule has 0 heterocycles. The van der Waals surface area contributed by atoms with Crippen molar-refractivity contribution in [2.75, 3.05) is 20.3 Å². The number of ether oxygens (including phenoxy) is 4. The maximum Gasteiger partial charge on any atom is 0.311 e. The van der Waals surface area contributed by atoms with Gasteiger partial charge >= 0.3 is 17.9 Å². The molecule has 8 heteroatoms. The Morgan fingerprint density at radius 3 is 2.33 bits per heavy atom. The summed E-state index contributed by atoms with van der Waals surface area (Å²) in [5.41, 5.74) is -1.13. The Balaban J connectivity index is 1.30. The molecule has 4 fully saturated rings. The zero-order chi connectivity index (χ0) is 34.1. The predicted molar refractivity (Wildman–Crippen MR) is 177 cm³/mol. The molecule has 264 valence electrons. The summed E-state index contributed by atoms with van der Waals surface area (Å²) in [6.07, 6.45) is 9.85. The Hall–Kier alpha value is -1.67. The second-order valence-corrected chi connectivity index (χ2v) is 17.2. The highest BCUT2D eigenvalue weighted by Crippen LogP contribution is 2.68. The molecule has 0 spiro atoms. The van der Waals surface area contributed by atoms with Gasteiger partial charge in [0.25, 0.3) is 0 Å². The van der Waals surface area contributed by atoms with Crippen LogP contribution in [0.1, 0.15) is 132 Å². The standard InChI is InChI=1S/C38H64O8/c1-10-35(3,4)34(42)45-26-17-19-37(7)25(21-26)12-13-27-29-15-14-28(38(29,8)31(39)22-30(27)37)24(2)11-16-32(40)44-20-18-33(41)46-36(5,6)23-43-9/h24-31,39H,10-23H2,1-9H3/t24?,25?,26?,27?,28?,29?,30?,31?,37-,38+/m0/s1. The van der Waals surface area contributed by atoms with Crippen LogP contribution in [0.5, 0.6) is 0 Å². The van der Waals surface area contributed by atoms with Gasteiger partial charge in [0.15, 0.2) is 0 Å². The minimum absolute atomic E-state index is 0.0111. The first-order chi connectivity index (χ1) is 21.5. The van der Waals surface area contributed by atoms with Gasteiger partial charge in [-0.1, -0.05) is 27.7 Å². The monoisotopic (exact) mass is 648 g/mol. The van der Waals surface area contributed by atoms with Crippen LogP contribution in [0.3, 0.4) is 0 Å². The van der Waals surface area contributed by atoms with Crippen LogP contribution in [-0.2, 0) is 33.3 Å². The van der Waals surface area contributed by atoms with Gasteiger partial charge in [-0.3, -0.25) is 14.4 Å². The Morgan fingerprint density at radius 1 is 0.935 bits per heavy atom. The van der Waals surface area contributed by atoms with Gasteiger partial charge in [0.1, 0.15) is 18.3 Å². The van der Waals surface area contributed by atoms with Crippen LogP contribution in [0.25, 0.3) is 0 Å². The van der Waals surface area contributed by atoms with Crippen molar-refractivity contribution >= 4 is 17.9 Å². The smallest absolute Gasteiger partial charge is 0.311 e. The van der Waals surface area contributed by atoms with Crippen LogP contribution in [0, 0.1) is 51.8 Å². The molecule has 4 saturated carbocycles. The first-order valence-corrected chi connectivity index (χ1v) is 18.2. The van der Waals surface area contributed by atoms with E-state index in [0.29, 0.717) is 49.0 Å². The molecule has 10 atom stereocenters. The number of esters is 3. The van der Waals surface area contributed by atoms with E-state index in [1.807, 2.05) is 20.8 Å². The van der Waals surface area contributed by atoms with Crippen LogP contribution in [-0.4, -0.2) is 61.1 Å². The van der Waals surface area contributed by atoms with E-state index >= 15 is 0 Å². The van der Waals surface area contributed by atoms with Gasteiger partial charge in [-0.05, 0) is 138 Å². The van der Waals surface area contributed by atoms with E-state index in [-0.39, 0.29) is 53.9 Å². The summed E-state index contributed by atoms with van der Waals surface area (Å²) >= 11 is 0. The molecule has 0 radical (unpaired) electrons. The lowest BCUT2D eigenvalue weighted by molar-refractivity contribution is -0.185. The maximum absolute atomic E-state index is 12.8. The van der Waals surface area contributed by atoms with Crippen LogP contribution >= 0.6 is 0 Å². The van der Waals surface area contributed by atoms with Crippen molar-refractivity contribution in [3.63, 3.8) is 0 Å². The second-order valence-electron chi connectivity index (χ2n) is 17.2. The zero-order valence-corrected chi connectivity index (χ0v) is 30.3. The molecule has 1 N–H and O–H groups in total. The molecule has 0 bridgehead atoms. The van der Waals surface area contributed by atoms with E-state index in [4.69, 9.17) is 18.9 Å². The highest BCUT2D eigenvalue weighted by molar-refractivity contribution is 5.76. The number of aliphatic hydroxyl groups excluding tert-OH is 1. The quantitative estimate of drug-likeness (QED) is 0.164. The molecule has 4 aliphatic carbocycles. The molecule has 0 amide bonds.